The maximum absolute atomic E-state index is 11.9. The minimum atomic E-state index is -5.06. The van der Waals surface area contributed by atoms with E-state index >= 15 is 0 Å². The van der Waals surface area contributed by atoms with Crippen molar-refractivity contribution in [2.45, 2.75) is 115 Å². The monoisotopic (exact) mass is 494 g/mol. The van der Waals surface area contributed by atoms with Gasteiger partial charge in [-0.15, -0.1) is 0 Å². The molecule has 0 radical (unpaired) electrons. The molecule has 1 heterocycles. The second-order valence-corrected chi connectivity index (χ2v) is 9.45. The third-order valence-corrected chi connectivity index (χ3v) is 5.90. The molecule has 1 fully saturated rings. The van der Waals surface area contributed by atoms with Crippen molar-refractivity contribution in [3.63, 3.8) is 0 Å². The van der Waals surface area contributed by atoms with Crippen molar-refractivity contribution in [3.8, 4) is 0 Å². The smallest absolute Gasteiger partial charge is 0.398 e. The molecule has 0 bridgehead atoms. The van der Waals surface area contributed by atoms with Crippen LogP contribution in [0.25, 0.3) is 0 Å². The molecule has 0 spiro atoms. The second kappa shape index (κ2) is 16.1. The average molecular weight is 495 g/mol. The van der Waals surface area contributed by atoms with Crippen LogP contribution in [0.1, 0.15) is 96.8 Å². The van der Waals surface area contributed by atoms with E-state index in [1.165, 1.54) is 57.8 Å². The zero-order valence-electron chi connectivity index (χ0n) is 19.4. The van der Waals surface area contributed by atoms with Gasteiger partial charge in [-0.2, -0.15) is 8.42 Å². The van der Waals surface area contributed by atoms with Crippen molar-refractivity contribution in [1.29, 1.82) is 0 Å². The average Bonchev–Trinajstić information content (AvgIpc) is 3.02. The first-order valence-electron chi connectivity index (χ1n) is 11.9. The lowest BCUT2D eigenvalue weighted by atomic mass is 10.0. The summed E-state index contributed by atoms with van der Waals surface area (Å²) >= 11 is 0. The Morgan fingerprint density at radius 3 is 1.91 bits per heavy atom. The molecule has 0 aromatic carbocycles. The van der Waals surface area contributed by atoms with Crippen molar-refractivity contribution in [1.82, 2.24) is 0 Å². The third kappa shape index (κ3) is 13.0. The van der Waals surface area contributed by atoms with E-state index in [-0.39, 0.29) is 6.42 Å². The first kappa shape index (κ1) is 29.5. The Bertz CT molecular complexity index is 706. The number of unbranched alkanes of at least 4 members (excludes halogenated alkanes) is 12. The van der Waals surface area contributed by atoms with Gasteiger partial charge >= 0.3 is 22.3 Å². The Morgan fingerprint density at radius 2 is 1.42 bits per heavy atom. The van der Waals surface area contributed by atoms with Crippen LogP contribution in [-0.4, -0.2) is 60.7 Å². The van der Waals surface area contributed by atoms with Gasteiger partial charge in [0, 0.05) is 6.42 Å². The van der Waals surface area contributed by atoms with Gasteiger partial charge in [-0.3, -0.25) is 14.1 Å². The number of hydrogen-bond acceptors (Lipinski definition) is 9. The number of cyclic esters (lactones) is 1. The van der Waals surface area contributed by atoms with Crippen molar-refractivity contribution in [3.05, 3.63) is 0 Å². The Kier molecular flexibility index (Phi) is 14.4. The molecule has 0 amide bonds. The lowest BCUT2D eigenvalue weighted by molar-refractivity contribution is -0.156. The number of aliphatic hydroxyl groups excluding tert-OH is 1. The molecule has 10 nitrogen and oxygen atoms in total. The van der Waals surface area contributed by atoms with Crippen molar-refractivity contribution < 1.29 is 46.1 Å². The van der Waals surface area contributed by atoms with E-state index in [1.54, 1.807) is 0 Å². The van der Waals surface area contributed by atoms with Crippen LogP contribution < -0.4 is 0 Å². The van der Waals surface area contributed by atoms with Crippen molar-refractivity contribution in [2.75, 3.05) is 6.61 Å². The summed E-state index contributed by atoms with van der Waals surface area (Å²) < 4.78 is 43.4. The second-order valence-electron chi connectivity index (χ2n) is 8.41. The molecular weight excluding hydrogens is 456 g/mol. The standard InChI is InChI=1S/C22H38O10S/c1-2-3-4-5-6-7-8-9-10-11-12-13-14-15-18(24)30-16-17(23)20-19(25)21(22(26)31-20)32-33(27,28)29/h17,20-21,23H,2-16H2,1H3,(H,27,28,29)/t17-,20+,21?/m0/s1. The van der Waals surface area contributed by atoms with Gasteiger partial charge in [0.1, 0.15) is 12.7 Å². The van der Waals surface area contributed by atoms with Gasteiger partial charge in [-0.1, -0.05) is 84.0 Å². The number of rotatable bonds is 19. The van der Waals surface area contributed by atoms with Crippen LogP contribution in [0.15, 0.2) is 0 Å². The largest absolute Gasteiger partial charge is 0.463 e. The molecule has 1 rings (SSSR count). The van der Waals surface area contributed by atoms with Crippen LogP contribution >= 0.6 is 0 Å². The maximum atomic E-state index is 11.9. The van der Waals surface area contributed by atoms with E-state index in [0.29, 0.717) is 6.42 Å². The predicted octanol–water partition coefficient (Wildman–Crippen LogP) is 3.05. The minimum Gasteiger partial charge on any atom is -0.463 e. The molecule has 0 aromatic rings. The molecule has 33 heavy (non-hydrogen) atoms. The quantitative estimate of drug-likeness (QED) is 0.118. The summed E-state index contributed by atoms with van der Waals surface area (Å²) in [6, 6.07) is 0. The summed E-state index contributed by atoms with van der Waals surface area (Å²) in [5.41, 5.74) is 0. The van der Waals surface area contributed by atoms with E-state index in [1.807, 2.05) is 0 Å². The highest BCUT2D eigenvalue weighted by Gasteiger charge is 2.50. The Morgan fingerprint density at radius 1 is 0.939 bits per heavy atom. The van der Waals surface area contributed by atoms with Gasteiger partial charge in [-0.05, 0) is 6.42 Å². The van der Waals surface area contributed by atoms with Crippen molar-refractivity contribution in [2.24, 2.45) is 0 Å². The van der Waals surface area contributed by atoms with E-state index < -0.39 is 53.0 Å². The van der Waals surface area contributed by atoms with Crippen LogP contribution in [0, 0.1) is 0 Å². The molecule has 0 aromatic heterocycles. The number of Topliss-reactive ketones (excluding diaryl/α,β-unsaturated/α-hetero) is 1. The first-order chi connectivity index (χ1) is 15.7. The fourth-order valence-corrected chi connectivity index (χ4v) is 4.03. The summed E-state index contributed by atoms with van der Waals surface area (Å²) in [4.78, 5) is 35.2. The zero-order valence-corrected chi connectivity index (χ0v) is 20.2. The van der Waals surface area contributed by atoms with Crippen LogP contribution in [-0.2, 0) is 38.4 Å². The first-order valence-corrected chi connectivity index (χ1v) is 13.3. The zero-order chi connectivity index (χ0) is 24.7. The van der Waals surface area contributed by atoms with Gasteiger partial charge in [0.15, 0.2) is 6.10 Å². The third-order valence-electron chi connectivity index (χ3n) is 5.46. The molecule has 0 aliphatic carbocycles. The van der Waals surface area contributed by atoms with Crippen LogP contribution in [0.4, 0.5) is 0 Å². The van der Waals surface area contributed by atoms with E-state index in [2.05, 4.69) is 15.8 Å². The highest BCUT2D eigenvalue weighted by Crippen LogP contribution is 2.19. The summed E-state index contributed by atoms with van der Waals surface area (Å²) in [6.07, 6.45) is 9.90. The Hall–Kier alpha value is -1.56. The molecule has 1 aliphatic heterocycles. The normalized spacial score (nSPS) is 19.5. The number of ether oxygens (including phenoxy) is 2. The molecule has 1 unspecified atom stereocenters. The summed E-state index contributed by atoms with van der Waals surface area (Å²) in [5.74, 6) is -3.10. The Labute approximate surface area is 196 Å². The van der Waals surface area contributed by atoms with E-state index in [4.69, 9.17) is 9.29 Å². The van der Waals surface area contributed by atoms with E-state index in [0.717, 1.165) is 19.3 Å². The van der Waals surface area contributed by atoms with E-state index in [9.17, 15) is 27.9 Å². The molecule has 11 heteroatoms. The number of esters is 2. The lowest BCUT2D eigenvalue weighted by Gasteiger charge is -2.15. The van der Waals surface area contributed by atoms with Gasteiger partial charge in [-0.25, -0.2) is 8.98 Å². The summed E-state index contributed by atoms with van der Waals surface area (Å²) in [6.45, 7) is 1.62. The molecule has 192 valence electrons. The molecule has 2 N–H and O–H groups in total. The molecule has 3 atom stereocenters. The van der Waals surface area contributed by atoms with Crippen molar-refractivity contribution >= 4 is 28.1 Å². The number of hydrogen-bond donors (Lipinski definition) is 2. The molecule has 1 saturated heterocycles. The van der Waals surface area contributed by atoms with Crippen LogP contribution in [0.5, 0.6) is 0 Å². The molecule has 1 aliphatic rings. The number of carbonyl (C=O) groups excluding carboxylic acids is 3. The number of ketones is 1. The maximum Gasteiger partial charge on any atom is 0.398 e. The topological polar surface area (TPSA) is 154 Å². The number of aliphatic hydroxyl groups is 1. The predicted molar refractivity (Wildman–Crippen MR) is 119 cm³/mol. The number of carbonyl (C=O) groups is 3. The fourth-order valence-electron chi connectivity index (χ4n) is 3.61. The highest BCUT2D eigenvalue weighted by atomic mass is 32.3. The highest BCUT2D eigenvalue weighted by molar-refractivity contribution is 7.81. The molecule has 0 saturated carbocycles. The SMILES string of the molecule is CCCCCCCCCCCCCCCC(=O)OC[C@H](O)[C@H]1OC(=O)C(OS(=O)(=O)O)C1=O. The Balaban J connectivity index is 2.06. The van der Waals surface area contributed by atoms with Gasteiger partial charge in [0.25, 0.3) is 0 Å². The van der Waals surface area contributed by atoms with Gasteiger partial charge < -0.3 is 14.6 Å². The van der Waals surface area contributed by atoms with Gasteiger partial charge in [0.2, 0.25) is 11.9 Å². The van der Waals surface area contributed by atoms with Gasteiger partial charge in [0.05, 0.1) is 0 Å². The van der Waals surface area contributed by atoms with Crippen LogP contribution in [0.3, 0.4) is 0 Å². The summed E-state index contributed by atoms with van der Waals surface area (Å²) in [7, 11) is -5.06. The molecular formula is C22H38O10S. The lowest BCUT2D eigenvalue weighted by Crippen LogP contribution is -2.39. The fraction of sp³-hybridized carbons (Fsp3) is 0.864. The van der Waals surface area contributed by atoms with Crippen LogP contribution in [0.2, 0.25) is 0 Å². The summed E-state index contributed by atoms with van der Waals surface area (Å²) in [5, 5.41) is 9.94. The minimum absolute atomic E-state index is 0.164.